The van der Waals surface area contributed by atoms with E-state index in [0.29, 0.717) is 27.6 Å². The van der Waals surface area contributed by atoms with E-state index in [0.717, 1.165) is 0 Å². The standard InChI is InChI=1S/C29H33ClN4O6S/c1-19-16-34(20(2)18-35)28(36)15-22-14-24(32-29(37)21-10-12-31-13-11-21)6-9-26(22)40-27(19)17-33(3)41(38,39)25-7-4-23(30)5-8-25/h4-14,19-20,27,35H,15-18H2,1-3H3,(H,32,37)/t19-,20+,27+/m0/s1. The molecule has 4 rings (SSSR count). The molecule has 2 heterocycles. The van der Waals surface area contributed by atoms with Crippen molar-refractivity contribution in [2.24, 2.45) is 5.92 Å². The highest BCUT2D eigenvalue weighted by molar-refractivity contribution is 7.89. The van der Waals surface area contributed by atoms with Crippen LogP contribution in [0.1, 0.15) is 29.8 Å². The number of carbonyl (C=O) groups is 2. The van der Waals surface area contributed by atoms with Gasteiger partial charge in [0.25, 0.3) is 5.91 Å². The van der Waals surface area contributed by atoms with Gasteiger partial charge in [0.15, 0.2) is 0 Å². The van der Waals surface area contributed by atoms with Crippen molar-refractivity contribution in [1.29, 1.82) is 0 Å². The second-order valence-corrected chi connectivity index (χ2v) is 12.6. The summed E-state index contributed by atoms with van der Waals surface area (Å²) < 4.78 is 34.3. The smallest absolute Gasteiger partial charge is 0.255 e. The van der Waals surface area contributed by atoms with E-state index in [1.165, 1.54) is 48.0 Å². The molecule has 3 aromatic rings. The van der Waals surface area contributed by atoms with Crippen molar-refractivity contribution in [3.8, 4) is 5.75 Å². The number of halogens is 1. The van der Waals surface area contributed by atoms with Gasteiger partial charge in [0, 0.05) is 53.7 Å². The normalized spacial score (nSPS) is 18.5. The van der Waals surface area contributed by atoms with Gasteiger partial charge in [-0.15, -0.1) is 0 Å². The lowest BCUT2D eigenvalue weighted by molar-refractivity contribution is -0.134. The van der Waals surface area contributed by atoms with Crippen molar-refractivity contribution in [3.05, 3.63) is 83.1 Å². The number of sulfonamides is 1. The van der Waals surface area contributed by atoms with Gasteiger partial charge in [-0.05, 0) is 61.5 Å². The minimum absolute atomic E-state index is 0.00162. The first-order valence-electron chi connectivity index (χ1n) is 13.1. The first kappa shape index (κ1) is 30.4. The van der Waals surface area contributed by atoms with Gasteiger partial charge in [-0.1, -0.05) is 18.5 Å². The van der Waals surface area contributed by atoms with E-state index in [-0.39, 0.29) is 48.7 Å². The molecule has 0 unspecified atom stereocenters. The Morgan fingerprint density at radius 2 is 1.88 bits per heavy atom. The molecule has 0 aliphatic carbocycles. The molecule has 1 aromatic heterocycles. The van der Waals surface area contributed by atoms with E-state index in [4.69, 9.17) is 16.3 Å². The van der Waals surface area contributed by atoms with Gasteiger partial charge >= 0.3 is 0 Å². The minimum Gasteiger partial charge on any atom is -0.488 e. The molecule has 0 spiro atoms. The van der Waals surface area contributed by atoms with Crippen molar-refractivity contribution in [2.75, 3.05) is 32.1 Å². The quantitative estimate of drug-likeness (QED) is 0.405. The number of hydrogen-bond donors (Lipinski definition) is 2. The van der Waals surface area contributed by atoms with Crippen molar-refractivity contribution in [3.63, 3.8) is 0 Å². The Hall–Kier alpha value is -3.51. The van der Waals surface area contributed by atoms with Gasteiger partial charge in [0.1, 0.15) is 11.9 Å². The number of amides is 2. The van der Waals surface area contributed by atoms with Crippen molar-refractivity contribution >= 4 is 39.1 Å². The number of rotatable bonds is 8. The highest BCUT2D eigenvalue weighted by atomic mass is 35.5. The number of nitrogens with one attached hydrogen (secondary N) is 1. The zero-order valence-corrected chi connectivity index (χ0v) is 24.6. The number of aromatic nitrogens is 1. The maximum atomic E-state index is 13.4. The van der Waals surface area contributed by atoms with Gasteiger partial charge in [-0.3, -0.25) is 14.6 Å². The number of aliphatic hydroxyl groups is 1. The third-order valence-corrected chi connectivity index (χ3v) is 9.17. The summed E-state index contributed by atoms with van der Waals surface area (Å²) in [5.74, 6) is -0.442. The Kier molecular flexibility index (Phi) is 9.64. The molecule has 2 aromatic carbocycles. The van der Waals surface area contributed by atoms with Crippen molar-refractivity contribution < 1.29 is 27.9 Å². The van der Waals surface area contributed by atoms with Gasteiger partial charge in [0.05, 0.1) is 30.5 Å². The summed E-state index contributed by atoms with van der Waals surface area (Å²) in [5.41, 5.74) is 1.42. The molecule has 0 radical (unpaired) electrons. The molecular weight excluding hydrogens is 568 g/mol. The largest absolute Gasteiger partial charge is 0.488 e. The van der Waals surface area contributed by atoms with Crippen molar-refractivity contribution in [1.82, 2.24) is 14.2 Å². The number of hydrogen-bond acceptors (Lipinski definition) is 7. The van der Waals surface area contributed by atoms with Crippen LogP contribution in [0.15, 0.2) is 71.9 Å². The molecule has 218 valence electrons. The summed E-state index contributed by atoms with van der Waals surface area (Å²) in [4.78, 5) is 31.8. The molecule has 3 atom stereocenters. The summed E-state index contributed by atoms with van der Waals surface area (Å²) in [6, 6.07) is 13.7. The maximum Gasteiger partial charge on any atom is 0.255 e. The number of nitrogens with zero attached hydrogens (tertiary/aromatic N) is 3. The number of aliphatic hydroxyl groups excluding tert-OH is 1. The molecular formula is C29H33ClN4O6S. The molecule has 41 heavy (non-hydrogen) atoms. The topological polar surface area (TPSA) is 129 Å². The predicted octanol–water partition coefficient (Wildman–Crippen LogP) is 3.46. The molecule has 0 saturated carbocycles. The number of benzene rings is 2. The summed E-state index contributed by atoms with van der Waals surface area (Å²) in [5, 5.41) is 13.1. The molecule has 1 aliphatic heterocycles. The Morgan fingerprint density at radius 3 is 2.54 bits per heavy atom. The zero-order chi connectivity index (χ0) is 29.7. The number of anilines is 1. The number of fused-ring (bicyclic) bond motifs is 1. The number of pyridine rings is 1. The molecule has 10 nitrogen and oxygen atoms in total. The zero-order valence-electron chi connectivity index (χ0n) is 23.0. The number of likely N-dealkylation sites (N-methyl/N-ethyl adjacent to an activating group) is 1. The van der Waals surface area contributed by atoms with E-state index in [1.54, 1.807) is 42.2 Å². The van der Waals surface area contributed by atoms with Crippen LogP contribution in [0, 0.1) is 5.92 Å². The SMILES string of the molecule is C[C@H](CO)N1C[C@H](C)[C@@H](CN(C)S(=O)(=O)c2ccc(Cl)cc2)Oc2ccc(NC(=O)c3ccncc3)cc2CC1=O. The summed E-state index contributed by atoms with van der Waals surface area (Å²) >= 11 is 5.94. The van der Waals surface area contributed by atoms with Gasteiger partial charge in [0.2, 0.25) is 15.9 Å². The van der Waals surface area contributed by atoms with E-state index < -0.39 is 22.2 Å². The number of ether oxygens (including phenoxy) is 1. The fourth-order valence-corrected chi connectivity index (χ4v) is 5.88. The lowest BCUT2D eigenvalue weighted by Crippen LogP contribution is -2.48. The van der Waals surface area contributed by atoms with Gasteiger partial charge in [-0.2, -0.15) is 4.31 Å². The minimum atomic E-state index is -3.86. The molecule has 2 amide bonds. The van der Waals surface area contributed by atoms with Gasteiger partial charge < -0.3 is 20.1 Å². The van der Waals surface area contributed by atoms with Crippen LogP contribution in [0.2, 0.25) is 5.02 Å². The first-order valence-corrected chi connectivity index (χ1v) is 14.9. The van der Waals surface area contributed by atoms with Crippen LogP contribution >= 0.6 is 11.6 Å². The van der Waals surface area contributed by atoms with Crippen LogP contribution < -0.4 is 10.1 Å². The highest BCUT2D eigenvalue weighted by Crippen LogP contribution is 2.30. The fourth-order valence-electron chi connectivity index (χ4n) is 4.57. The number of carbonyl (C=O) groups excluding carboxylic acids is 2. The second kappa shape index (κ2) is 13.0. The average molecular weight is 601 g/mol. The fraction of sp³-hybridized carbons (Fsp3) is 0.345. The Labute approximate surface area is 245 Å². The average Bonchev–Trinajstić information content (AvgIpc) is 3.00. The van der Waals surface area contributed by atoms with Crippen LogP contribution in [-0.4, -0.2) is 78.4 Å². The summed E-state index contributed by atoms with van der Waals surface area (Å²) in [6.07, 6.45) is 2.37. The van der Waals surface area contributed by atoms with Crippen LogP contribution in [0.4, 0.5) is 5.69 Å². The lowest BCUT2D eigenvalue weighted by Gasteiger charge is -2.33. The lowest BCUT2D eigenvalue weighted by atomic mass is 10.0. The third-order valence-electron chi connectivity index (χ3n) is 7.08. The molecule has 2 N–H and O–H groups in total. The monoisotopic (exact) mass is 600 g/mol. The van der Waals surface area contributed by atoms with E-state index in [9.17, 15) is 23.1 Å². The molecule has 1 aliphatic rings. The second-order valence-electron chi connectivity index (χ2n) is 10.1. The van der Waals surface area contributed by atoms with E-state index in [2.05, 4.69) is 10.3 Å². The molecule has 0 bridgehead atoms. The van der Waals surface area contributed by atoms with Crippen LogP contribution in [0.25, 0.3) is 0 Å². The Balaban J connectivity index is 1.65. The summed E-state index contributed by atoms with van der Waals surface area (Å²) in [7, 11) is -2.38. The molecule has 0 saturated heterocycles. The van der Waals surface area contributed by atoms with Gasteiger partial charge in [-0.25, -0.2) is 8.42 Å². The molecule has 0 fully saturated rings. The first-order chi connectivity index (χ1) is 19.5. The third kappa shape index (κ3) is 7.23. The van der Waals surface area contributed by atoms with E-state index >= 15 is 0 Å². The Morgan fingerprint density at radius 1 is 1.20 bits per heavy atom. The maximum absolute atomic E-state index is 13.4. The van der Waals surface area contributed by atoms with Crippen molar-refractivity contribution in [2.45, 2.75) is 37.3 Å². The van der Waals surface area contributed by atoms with Crippen LogP contribution in [-0.2, 0) is 21.2 Å². The van der Waals surface area contributed by atoms with Crippen LogP contribution in [0.5, 0.6) is 5.75 Å². The summed E-state index contributed by atoms with van der Waals surface area (Å²) in [6.45, 7) is 3.65. The molecule has 12 heteroatoms. The Bertz CT molecular complexity index is 1490. The van der Waals surface area contributed by atoms with E-state index in [1.807, 2.05) is 6.92 Å². The predicted molar refractivity (Wildman–Crippen MR) is 155 cm³/mol. The highest BCUT2D eigenvalue weighted by Gasteiger charge is 2.33. The van der Waals surface area contributed by atoms with Crippen LogP contribution in [0.3, 0.4) is 0 Å².